The topological polar surface area (TPSA) is 161 Å². The minimum Gasteiger partial charge on any atom is -0.496 e. The monoisotopic (exact) mass is 419 g/mol. The fourth-order valence-electron chi connectivity index (χ4n) is 3.07. The first-order valence-corrected chi connectivity index (χ1v) is 9.38. The van der Waals surface area contributed by atoms with Crippen LogP contribution in [-0.4, -0.2) is 42.7 Å². The van der Waals surface area contributed by atoms with Crippen molar-refractivity contribution in [3.63, 3.8) is 0 Å². The largest absolute Gasteiger partial charge is 0.496 e. The number of aryl methyl sites for hydroxylation is 2. The average molecular weight is 419 g/mol. The van der Waals surface area contributed by atoms with E-state index in [1.165, 1.54) is 13.2 Å². The van der Waals surface area contributed by atoms with E-state index in [1.807, 2.05) is 0 Å². The number of aliphatic carboxylic acids is 1. The second-order valence-electron chi connectivity index (χ2n) is 6.80. The number of hydrogen-bond donors (Lipinski definition) is 4. The Kier molecular flexibility index (Phi) is 7.79. The van der Waals surface area contributed by atoms with E-state index < -0.39 is 29.6 Å². The highest BCUT2D eigenvalue weighted by atomic mass is 16.5. The molecule has 0 saturated heterocycles. The van der Waals surface area contributed by atoms with Crippen molar-refractivity contribution < 1.29 is 28.6 Å². The molecule has 1 aromatic carbocycles. The third-order valence-corrected chi connectivity index (χ3v) is 4.58. The quantitative estimate of drug-likeness (QED) is 0.331. The molecule has 5 N–H and O–H groups in total. The highest BCUT2D eigenvalue weighted by molar-refractivity contribution is 5.85. The van der Waals surface area contributed by atoms with E-state index in [-0.39, 0.29) is 19.4 Å². The molecule has 0 aliphatic heterocycles. The number of rotatable bonds is 10. The van der Waals surface area contributed by atoms with E-state index in [2.05, 4.69) is 10.6 Å². The number of carboxylic acid groups (broad SMARTS) is 1. The van der Waals surface area contributed by atoms with E-state index in [1.54, 1.807) is 19.1 Å². The number of carbonyl (C=O) groups is 3. The zero-order valence-electron chi connectivity index (χ0n) is 16.8. The van der Waals surface area contributed by atoms with Gasteiger partial charge in [0.2, 0.25) is 5.91 Å². The molecule has 0 saturated carbocycles. The third-order valence-electron chi connectivity index (χ3n) is 4.58. The first-order chi connectivity index (χ1) is 14.2. The number of methoxy groups -OCH3 is 1. The van der Waals surface area contributed by atoms with Crippen LogP contribution in [0.15, 0.2) is 27.4 Å². The summed E-state index contributed by atoms with van der Waals surface area (Å²) in [7, 11) is 1.47. The van der Waals surface area contributed by atoms with Crippen molar-refractivity contribution in [2.75, 3.05) is 13.7 Å². The lowest BCUT2D eigenvalue weighted by Crippen LogP contribution is -2.41. The Bertz CT molecular complexity index is 1000. The number of nitrogens with one attached hydrogen (secondary N) is 2. The summed E-state index contributed by atoms with van der Waals surface area (Å²) in [4.78, 5) is 45.8. The number of benzene rings is 1. The molecule has 1 aromatic heterocycles. The van der Waals surface area contributed by atoms with E-state index in [0.29, 0.717) is 24.2 Å². The van der Waals surface area contributed by atoms with Gasteiger partial charge >= 0.3 is 17.6 Å². The average Bonchev–Trinajstić information content (AvgIpc) is 2.67. The van der Waals surface area contributed by atoms with Crippen molar-refractivity contribution in [3.05, 3.63) is 39.7 Å². The summed E-state index contributed by atoms with van der Waals surface area (Å²) in [5, 5.41) is 14.9. The molecule has 162 valence electrons. The van der Waals surface area contributed by atoms with Crippen LogP contribution in [0.2, 0.25) is 0 Å². The lowest BCUT2D eigenvalue weighted by atomic mass is 10.0. The summed E-state index contributed by atoms with van der Waals surface area (Å²) >= 11 is 0. The van der Waals surface area contributed by atoms with Gasteiger partial charge in [-0.2, -0.15) is 0 Å². The number of hydrogen-bond acceptors (Lipinski definition) is 6. The van der Waals surface area contributed by atoms with Crippen molar-refractivity contribution in [2.45, 2.75) is 38.6 Å². The molecular weight excluding hydrogens is 394 g/mol. The first kappa shape index (κ1) is 22.7. The van der Waals surface area contributed by atoms with Crippen molar-refractivity contribution >= 4 is 28.9 Å². The molecule has 0 bridgehead atoms. The van der Waals surface area contributed by atoms with Crippen LogP contribution < -0.4 is 26.7 Å². The maximum absolute atomic E-state index is 12.3. The van der Waals surface area contributed by atoms with Gasteiger partial charge in [-0.05, 0) is 43.4 Å². The van der Waals surface area contributed by atoms with Crippen LogP contribution in [0.4, 0.5) is 4.79 Å². The maximum Gasteiger partial charge on any atom is 0.336 e. The Balaban J connectivity index is 2.03. The van der Waals surface area contributed by atoms with Gasteiger partial charge in [-0.1, -0.05) is 0 Å². The molecule has 0 aliphatic carbocycles. The molecule has 10 nitrogen and oxygen atoms in total. The number of primary amides is 1. The van der Waals surface area contributed by atoms with Gasteiger partial charge < -0.3 is 30.6 Å². The Morgan fingerprint density at radius 3 is 2.63 bits per heavy atom. The molecule has 0 spiro atoms. The van der Waals surface area contributed by atoms with E-state index >= 15 is 0 Å². The molecule has 1 unspecified atom stereocenters. The van der Waals surface area contributed by atoms with Crippen LogP contribution in [0.3, 0.4) is 0 Å². The molecule has 1 heterocycles. The van der Waals surface area contributed by atoms with Crippen LogP contribution in [0.5, 0.6) is 5.75 Å². The van der Waals surface area contributed by atoms with Crippen LogP contribution in [0, 0.1) is 6.92 Å². The summed E-state index contributed by atoms with van der Waals surface area (Å²) in [5.74, 6) is -1.11. The van der Waals surface area contributed by atoms with Gasteiger partial charge in [0.25, 0.3) is 0 Å². The number of amides is 3. The molecule has 3 amide bonds. The SMILES string of the molecule is COc1cc2oc(=O)cc(C)c2cc1CCC(=O)NC(CCCNC(N)=O)C(=O)O. The first-order valence-electron chi connectivity index (χ1n) is 9.38. The van der Waals surface area contributed by atoms with Gasteiger partial charge in [-0.3, -0.25) is 4.79 Å². The normalized spacial score (nSPS) is 11.7. The van der Waals surface area contributed by atoms with Gasteiger partial charge in [0.05, 0.1) is 7.11 Å². The summed E-state index contributed by atoms with van der Waals surface area (Å²) in [6, 6.07) is 3.02. The number of ether oxygens (including phenoxy) is 1. The predicted octanol–water partition coefficient (Wildman–Crippen LogP) is 1.06. The highest BCUT2D eigenvalue weighted by Crippen LogP contribution is 2.28. The summed E-state index contributed by atoms with van der Waals surface area (Å²) in [6.45, 7) is 2.01. The second kappa shape index (κ2) is 10.3. The van der Waals surface area contributed by atoms with Gasteiger partial charge in [0.1, 0.15) is 17.4 Å². The van der Waals surface area contributed by atoms with Gasteiger partial charge in [0, 0.05) is 30.5 Å². The zero-order chi connectivity index (χ0) is 22.3. The summed E-state index contributed by atoms with van der Waals surface area (Å²) in [5.41, 5.74) is 6.35. The number of carbonyl (C=O) groups excluding carboxylic acids is 2. The minimum absolute atomic E-state index is 0.0427. The van der Waals surface area contributed by atoms with Crippen LogP contribution >= 0.6 is 0 Å². The van der Waals surface area contributed by atoms with Gasteiger partial charge in [-0.25, -0.2) is 14.4 Å². The van der Waals surface area contributed by atoms with E-state index in [9.17, 15) is 24.3 Å². The zero-order valence-corrected chi connectivity index (χ0v) is 16.8. The minimum atomic E-state index is -1.16. The second-order valence-corrected chi connectivity index (χ2v) is 6.80. The highest BCUT2D eigenvalue weighted by Gasteiger charge is 2.20. The molecule has 30 heavy (non-hydrogen) atoms. The Morgan fingerprint density at radius 2 is 2.00 bits per heavy atom. The van der Waals surface area contributed by atoms with Gasteiger partial charge in [0.15, 0.2) is 0 Å². The maximum atomic E-state index is 12.3. The molecule has 0 fully saturated rings. The predicted molar refractivity (Wildman–Crippen MR) is 108 cm³/mol. The van der Waals surface area contributed by atoms with Crippen molar-refractivity contribution in [2.24, 2.45) is 5.73 Å². The Morgan fingerprint density at radius 1 is 1.27 bits per heavy atom. The molecule has 0 aliphatic rings. The molecular formula is C20H25N3O7. The van der Waals surface area contributed by atoms with Crippen LogP contribution in [0.1, 0.15) is 30.4 Å². The Hall–Kier alpha value is -3.56. The number of fused-ring (bicyclic) bond motifs is 1. The van der Waals surface area contributed by atoms with Crippen molar-refractivity contribution in [1.82, 2.24) is 10.6 Å². The summed E-state index contributed by atoms with van der Waals surface area (Å²) in [6.07, 6.45) is 0.849. The van der Waals surface area contributed by atoms with Crippen molar-refractivity contribution in [1.29, 1.82) is 0 Å². The van der Waals surface area contributed by atoms with Crippen LogP contribution in [-0.2, 0) is 16.0 Å². The molecule has 0 radical (unpaired) electrons. The lowest BCUT2D eigenvalue weighted by molar-refractivity contribution is -0.142. The Labute approximate surface area is 172 Å². The van der Waals surface area contributed by atoms with Crippen molar-refractivity contribution in [3.8, 4) is 5.75 Å². The third kappa shape index (κ3) is 6.23. The fourth-order valence-corrected chi connectivity index (χ4v) is 3.07. The van der Waals surface area contributed by atoms with E-state index in [0.717, 1.165) is 16.5 Å². The lowest BCUT2D eigenvalue weighted by Gasteiger charge is -2.15. The van der Waals surface area contributed by atoms with Crippen LogP contribution in [0.25, 0.3) is 11.0 Å². The smallest absolute Gasteiger partial charge is 0.336 e. The standard InChI is InChI=1S/C20H25N3O7/c1-11-8-18(25)30-16-10-15(29-2)12(9-13(11)16)5-6-17(24)23-14(19(26)27)4-3-7-22-20(21)28/h8-10,14H,3-7H2,1-2H3,(H,23,24)(H,26,27)(H3,21,22,28). The molecule has 2 rings (SSSR count). The van der Waals surface area contributed by atoms with Gasteiger partial charge in [-0.15, -0.1) is 0 Å². The fraction of sp³-hybridized carbons (Fsp3) is 0.400. The number of nitrogens with two attached hydrogens (primary N) is 1. The molecule has 10 heteroatoms. The van der Waals surface area contributed by atoms with E-state index in [4.69, 9.17) is 14.9 Å². The molecule has 1 atom stereocenters. The summed E-state index contributed by atoms with van der Waals surface area (Å²) < 4.78 is 10.5. The number of urea groups is 1. The molecule has 2 aromatic rings. The number of carboxylic acids is 1.